The van der Waals surface area contributed by atoms with E-state index in [1.807, 2.05) is 13.8 Å². The molecule has 0 radical (unpaired) electrons. The van der Waals surface area contributed by atoms with Gasteiger partial charge < -0.3 is 10.4 Å². The van der Waals surface area contributed by atoms with Crippen molar-refractivity contribution in [1.82, 2.24) is 5.32 Å². The van der Waals surface area contributed by atoms with Crippen molar-refractivity contribution in [1.29, 1.82) is 0 Å². The lowest BCUT2D eigenvalue weighted by Crippen LogP contribution is -2.43. The van der Waals surface area contributed by atoms with E-state index in [0.717, 1.165) is 12.5 Å². The summed E-state index contributed by atoms with van der Waals surface area (Å²) in [6, 6.07) is 0. The van der Waals surface area contributed by atoms with Gasteiger partial charge in [-0.3, -0.25) is 0 Å². The minimum atomic E-state index is -0.0808. The van der Waals surface area contributed by atoms with Crippen LogP contribution in [0, 0.1) is 5.92 Å². The van der Waals surface area contributed by atoms with Crippen LogP contribution < -0.4 is 5.32 Å². The molecule has 1 aliphatic rings. The van der Waals surface area contributed by atoms with E-state index in [1.54, 1.807) is 0 Å². The van der Waals surface area contributed by atoms with E-state index in [0.29, 0.717) is 0 Å². The maximum absolute atomic E-state index is 8.86. The molecule has 0 saturated heterocycles. The van der Waals surface area contributed by atoms with Crippen LogP contribution in [0.2, 0.25) is 0 Å². The van der Waals surface area contributed by atoms with Crippen LogP contribution >= 0.6 is 0 Å². The van der Waals surface area contributed by atoms with Crippen molar-refractivity contribution in [3.63, 3.8) is 0 Å². The Hall–Kier alpha value is -0.0800. The third kappa shape index (κ3) is 2.67. The fourth-order valence-corrected chi connectivity index (χ4v) is 0.799. The second kappa shape index (κ2) is 2.89. The predicted octanol–water partition coefficient (Wildman–Crippen LogP) is 0.757. The third-order valence-electron chi connectivity index (χ3n) is 1.96. The second-order valence-electron chi connectivity index (χ2n) is 3.87. The minimum Gasteiger partial charge on any atom is -0.394 e. The monoisotopic (exact) mass is 143 g/mol. The van der Waals surface area contributed by atoms with Crippen LogP contribution in [0.3, 0.4) is 0 Å². The summed E-state index contributed by atoms with van der Waals surface area (Å²) in [6.45, 7) is 5.35. The first-order valence-corrected chi connectivity index (χ1v) is 4.00. The molecule has 10 heavy (non-hydrogen) atoms. The van der Waals surface area contributed by atoms with E-state index in [-0.39, 0.29) is 12.1 Å². The summed E-state index contributed by atoms with van der Waals surface area (Å²) in [6.07, 6.45) is 2.74. The van der Waals surface area contributed by atoms with E-state index in [4.69, 9.17) is 5.11 Å². The molecule has 0 spiro atoms. The largest absolute Gasteiger partial charge is 0.394 e. The summed E-state index contributed by atoms with van der Waals surface area (Å²) >= 11 is 0. The van der Waals surface area contributed by atoms with Crippen molar-refractivity contribution in [3.05, 3.63) is 0 Å². The van der Waals surface area contributed by atoms with Gasteiger partial charge in [0.2, 0.25) is 0 Å². The molecule has 0 aromatic rings. The highest BCUT2D eigenvalue weighted by molar-refractivity contribution is 4.82. The summed E-state index contributed by atoms with van der Waals surface area (Å²) in [4.78, 5) is 0. The van der Waals surface area contributed by atoms with Gasteiger partial charge in [-0.1, -0.05) is 0 Å². The van der Waals surface area contributed by atoms with Crippen molar-refractivity contribution in [2.24, 2.45) is 5.92 Å². The van der Waals surface area contributed by atoms with Crippen molar-refractivity contribution in [2.45, 2.75) is 32.2 Å². The zero-order valence-electron chi connectivity index (χ0n) is 6.85. The summed E-state index contributed by atoms with van der Waals surface area (Å²) in [5, 5.41) is 12.2. The number of aliphatic hydroxyl groups excluding tert-OH is 1. The van der Waals surface area contributed by atoms with Gasteiger partial charge in [0.15, 0.2) is 0 Å². The Bertz CT molecular complexity index is 108. The minimum absolute atomic E-state index is 0.0808. The zero-order chi connectivity index (χ0) is 7.61. The molecule has 0 aliphatic heterocycles. The molecule has 0 atom stereocenters. The molecule has 1 saturated carbocycles. The highest BCUT2D eigenvalue weighted by Gasteiger charge is 2.24. The van der Waals surface area contributed by atoms with Gasteiger partial charge in [-0.25, -0.2) is 0 Å². The molecule has 0 amide bonds. The van der Waals surface area contributed by atoms with Crippen LogP contribution in [-0.2, 0) is 0 Å². The van der Waals surface area contributed by atoms with Crippen molar-refractivity contribution < 1.29 is 5.11 Å². The lowest BCUT2D eigenvalue weighted by molar-refractivity contribution is 0.187. The SMILES string of the molecule is CC(C)(CO)NCC1CC1. The highest BCUT2D eigenvalue weighted by Crippen LogP contribution is 2.28. The van der Waals surface area contributed by atoms with Crippen molar-refractivity contribution in [3.8, 4) is 0 Å². The number of rotatable bonds is 4. The fourth-order valence-electron chi connectivity index (χ4n) is 0.799. The molecule has 2 nitrogen and oxygen atoms in total. The first-order valence-electron chi connectivity index (χ1n) is 4.00. The van der Waals surface area contributed by atoms with Gasteiger partial charge in [0, 0.05) is 5.54 Å². The highest BCUT2D eigenvalue weighted by atomic mass is 16.3. The first-order chi connectivity index (χ1) is 4.64. The molecule has 0 heterocycles. The molecule has 2 heteroatoms. The van der Waals surface area contributed by atoms with Crippen molar-refractivity contribution >= 4 is 0 Å². The molecular formula is C8H17NO. The van der Waals surface area contributed by atoms with Gasteiger partial charge in [0.1, 0.15) is 0 Å². The first kappa shape index (κ1) is 8.02. The van der Waals surface area contributed by atoms with E-state index < -0.39 is 0 Å². The summed E-state index contributed by atoms with van der Waals surface area (Å²) in [5.41, 5.74) is -0.0808. The molecule has 0 unspecified atom stereocenters. The number of hydrogen-bond donors (Lipinski definition) is 2. The summed E-state index contributed by atoms with van der Waals surface area (Å²) < 4.78 is 0. The molecule has 0 aromatic heterocycles. The van der Waals surface area contributed by atoms with E-state index >= 15 is 0 Å². The Kier molecular flexibility index (Phi) is 2.32. The summed E-state index contributed by atoms with van der Waals surface area (Å²) in [5.74, 6) is 0.894. The quantitative estimate of drug-likeness (QED) is 0.609. The van der Waals surface area contributed by atoms with Crippen LogP contribution in [-0.4, -0.2) is 23.8 Å². The second-order valence-corrected chi connectivity index (χ2v) is 3.87. The lowest BCUT2D eigenvalue weighted by atomic mass is 10.1. The Morgan fingerprint density at radius 1 is 1.50 bits per heavy atom. The van der Waals surface area contributed by atoms with Crippen LogP contribution in [0.5, 0.6) is 0 Å². The molecule has 60 valence electrons. The Labute approximate surface area is 62.6 Å². The van der Waals surface area contributed by atoms with Gasteiger partial charge in [0.25, 0.3) is 0 Å². The molecule has 1 aliphatic carbocycles. The average Bonchev–Trinajstić information content (AvgIpc) is 2.66. The number of aliphatic hydroxyl groups is 1. The van der Waals surface area contributed by atoms with E-state index in [9.17, 15) is 0 Å². The maximum atomic E-state index is 8.86. The Balaban J connectivity index is 2.09. The Morgan fingerprint density at radius 2 is 2.10 bits per heavy atom. The molecule has 1 fully saturated rings. The molecule has 0 aromatic carbocycles. The normalized spacial score (nSPS) is 19.5. The maximum Gasteiger partial charge on any atom is 0.0607 e. The molecular weight excluding hydrogens is 126 g/mol. The standard InChI is InChI=1S/C8H17NO/c1-8(2,6-10)9-5-7-3-4-7/h7,9-10H,3-6H2,1-2H3. The van der Waals surface area contributed by atoms with Crippen molar-refractivity contribution in [2.75, 3.05) is 13.2 Å². The molecule has 0 bridgehead atoms. The van der Waals surface area contributed by atoms with E-state index in [1.165, 1.54) is 12.8 Å². The van der Waals surface area contributed by atoms with Gasteiger partial charge in [0.05, 0.1) is 6.61 Å². The third-order valence-corrected chi connectivity index (χ3v) is 1.96. The van der Waals surface area contributed by atoms with Crippen LogP contribution in [0.1, 0.15) is 26.7 Å². The number of hydrogen-bond acceptors (Lipinski definition) is 2. The smallest absolute Gasteiger partial charge is 0.0607 e. The van der Waals surface area contributed by atoms with E-state index in [2.05, 4.69) is 5.32 Å². The van der Waals surface area contributed by atoms with Crippen LogP contribution in [0.15, 0.2) is 0 Å². The van der Waals surface area contributed by atoms with Gasteiger partial charge >= 0.3 is 0 Å². The van der Waals surface area contributed by atoms with Gasteiger partial charge in [-0.2, -0.15) is 0 Å². The predicted molar refractivity (Wildman–Crippen MR) is 41.9 cm³/mol. The summed E-state index contributed by atoms with van der Waals surface area (Å²) in [7, 11) is 0. The van der Waals surface area contributed by atoms with Crippen LogP contribution in [0.4, 0.5) is 0 Å². The fraction of sp³-hybridized carbons (Fsp3) is 1.00. The van der Waals surface area contributed by atoms with Gasteiger partial charge in [-0.05, 0) is 39.2 Å². The van der Waals surface area contributed by atoms with Crippen LogP contribution in [0.25, 0.3) is 0 Å². The molecule has 2 N–H and O–H groups in total. The average molecular weight is 143 g/mol. The zero-order valence-corrected chi connectivity index (χ0v) is 6.85. The topological polar surface area (TPSA) is 32.3 Å². The Morgan fingerprint density at radius 3 is 2.50 bits per heavy atom. The van der Waals surface area contributed by atoms with Gasteiger partial charge in [-0.15, -0.1) is 0 Å². The number of nitrogens with one attached hydrogen (secondary N) is 1. The molecule has 1 rings (SSSR count). The lowest BCUT2D eigenvalue weighted by Gasteiger charge is -2.23.